The fourth-order valence-corrected chi connectivity index (χ4v) is 3.79. The SMILES string of the molecule is COc1ccccc1C(CCc1ccc(NC(=O)Nc2cnc(C#N)cn2)cc1Cl)OC(=O)NC(C)(C)C.Cl. The second-order valence-corrected chi connectivity index (χ2v) is 9.74. The van der Waals surface area contributed by atoms with Gasteiger partial charge in [0, 0.05) is 21.8 Å². The highest BCUT2D eigenvalue weighted by Crippen LogP contribution is 2.32. The van der Waals surface area contributed by atoms with Crippen LogP contribution in [0.4, 0.5) is 21.1 Å². The molecular formula is C27H30Cl2N6O4. The number of alkyl carbamates (subject to hydrolysis) is 1. The normalized spacial score (nSPS) is 11.3. The van der Waals surface area contributed by atoms with E-state index in [1.807, 2.05) is 51.1 Å². The summed E-state index contributed by atoms with van der Waals surface area (Å²) >= 11 is 6.52. The molecule has 1 aromatic heterocycles. The van der Waals surface area contributed by atoms with Crippen molar-refractivity contribution >= 4 is 47.6 Å². The van der Waals surface area contributed by atoms with Gasteiger partial charge in [0.05, 0.1) is 19.5 Å². The fourth-order valence-electron chi connectivity index (χ4n) is 3.52. The molecule has 3 amide bonds. The Hall–Kier alpha value is -4.07. The van der Waals surface area contributed by atoms with E-state index in [0.29, 0.717) is 29.3 Å². The van der Waals surface area contributed by atoms with Gasteiger partial charge in [-0.2, -0.15) is 5.26 Å². The van der Waals surface area contributed by atoms with Gasteiger partial charge in [-0.05, 0) is 57.4 Å². The van der Waals surface area contributed by atoms with Crippen molar-refractivity contribution in [2.45, 2.75) is 45.3 Å². The van der Waals surface area contributed by atoms with E-state index >= 15 is 0 Å². The minimum atomic E-state index is -0.582. The molecule has 0 saturated heterocycles. The number of aromatic nitrogens is 2. The Kier molecular flexibility index (Phi) is 11.3. The first-order chi connectivity index (χ1) is 18.1. The summed E-state index contributed by atoms with van der Waals surface area (Å²) in [7, 11) is 1.57. The molecule has 206 valence electrons. The van der Waals surface area contributed by atoms with Crippen LogP contribution in [0.3, 0.4) is 0 Å². The molecule has 0 aliphatic carbocycles. The molecule has 2 aromatic carbocycles. The van der Waals surface area contributed by atoms with Gasteiger partial charge in [-0.25, -0.2) is 19.6 Å². The van der Waals surface area contributed by atoms with Crippen LogP contribution in [0.2, 0.25) is 5.02 Å². The minimum absolute atomic E-state index is 0. The van der Waals surface area contributed by atoms with Crippen LogP contribution in [0.5, 0.6) is 5.75 Å². The lowest BCUT2D eigenvalue weighted by molar-refractivity contribution is 0.0850. The zero-order valence-electron chi connectivity index (χ0n) is 21.9. The van der Waals surface area contributed by atoms with E-state index in [1.165, 1.54) is 12.4 Å². The van der Waals surface area contributed by atoms with Crippen LogP contribution in [0.25, 0.3) is 0 Å². The van der Waals surface area contributed by atoms with Crippen LogP contribution in [0, 0.1) is 11.3 Å². The Morgan fingerprint density at radius 3 is 2.46 bits per heavy atom. The molecule has 1 unspecified atom stereocenters. The predicted molar refractivity (Wildman–Crippen MR) is 152 cm³/mol. The van der Waals surface area contributed by atoms with Crippen molar-refractivity contribution in [3.05, 3.63) is 76.7 Å². The van der Waals surface area contributed by atoms with E-state index in [9.17, 15) is 9.59 Å². The summed E-state index contributed by atoms with van der Waals surface area (Å²) in [5, 5.41) is 17.3. The average molecular weight is 573 g/mol. The summed E-state index contributed by atoms with van der Waals surface area (Å²) in [6, 6.07) is 13.9. The molecule has 0 spiro atoms. The van der Waals surface area contributed by atoms with Crippen molar-refractivity contribution in [1.29, 1.82) is 5.26 Å². The van der Waals surface area contributed by atoms with Crippen molar-refractivity contribution in [2.24, 2.45) is 0 Å². The largest absolute Gasteiger partial charge is 0.496 e. The van der Waals surface area contributed by atoms with Crippen LogP contribution in [-0.4, -0.2) is 34.7 Å². The summed E-state index contributed by atoms with van der Waals surface area (Å²) in [5.74, 6) is 0.812. The predicted octanol–water partition coefficient (Wildman–Crippen LogP) is 6.27. The maximum absolute atomic E-state index is 12.6. The molecule has 3 aromatic rings. The summed E-state index contributed by atoms with van der Waals surface area (Å²) < 4.78 is 11.3. The second kappa shape index (κ2) is 14.2. The summed E-state index contributed by atoms with van der Waals surface area (Å²) in [4.78, 5) is 32.7. The van der Waals surface area contributed by atoms with Crippen LogP contribution in [0.1, 0.15) is 50.1 Å². The van der Waals surface area contributed by atoms with Gasteiger partial charge >= 0.3 is 12.1 Å². The van der Waals surface area contributed by atoms with E-state index in [2.05, 4.69) is 25.9 Å². The number of nitrogens with zero attached hydrogens (tertiary/aromatic N) is 3. The van der Waals surface area contributed by atoms with Gasteiger partial charge in [-0.3, -0.25) is 5.32 Å². The van der Waals surface area contributed by atoms with Crippen molar-refractivity contribution in [3.63, 3.8) is 0 Å². The van der Waals surface area contributed by atoms with Gasteiger partial charge in [0.1, 0.15) is 17.9 Å². The first kappa shape index (κ1) is 31.1. The molecule has 0 saturated carbocycles. The van der Waals surface area contributed by atoms with Gasteiger partial charge in [0.2, 0.25) is 0 Å². The third-order valence-corrected chi connectivity index (χ3v) is 5.56. The van der Waals surface area contributed by atoms with Crippen LogP contribution in [0.15, 0.2) is 54.9 Å². The van der Waals surface area contributed by atoms with E-state index in [0.717, 1.165) is 11.1 Å². The first-order valence-corrected chi connectivity index (χ1v) is 12.2. The lowest BCUT2D eigenvalue weighted by Crippen LogP contribution is -2.41. The van der Waals surface area contributed by atoms with Crippen LogP contribution < -0.4 is 20.7 Å². The number of ether oxygens (including phenoxy) is 2. The maximum Gasteiger partial charge on any atom is 0.408 e. The van der Waals surface area contributed by atoms with E-state index in [4.69, 9.17) is 26.3 Å². The average Bonchev–Trinajstić information content (AvgIpc) is 2.86. The number of anilines is 2. The van der Waals surface area contributed by atoms with E-state index in [1.54, 1.807) is 25.3 Å². The topological polar surface area (TPSA) is 138 Å². The Labute approximate surface area is 238 Å². The number of hydrogen-bond acceptors (Lipinski definition) is 7. The maximum atomic E-state index is 12.6. The quantitative estimate of drug-likeness (QED) is 0.289. The van der Waals surface area contributed by atoms with Crippen molar-refractivity contribution in [3.8, 4) is 11.8 Å². The molecule has 39 heavy (non-hydrogen) atoms. The number of methoxy groups -OCH3 is 1. The number of nitriles is 1. The second-order valence-electron chi connectivity index (χ2n) is 9.33. The molecule has 10 nitrogen and oxygen atoms in total. The third-order valence-electron chi connectivity index (χ3n) is 5.21. The smallest absolute Gasteiger partial charge is 0.408 e. The summed E-state index contributed by atoms with van der Waals surface area (Å²) in [5.41, 5.74) is 1.73. The van der Waals surface area contributed by atoms with Gasteiger partial charge in [-0.1, -0.05) is 35.9 Å². The van der Waals surface area contributed by atoms with Gasteiger partial charge in [-0.15, -0.1) is 12.4 Å². The van der Waals surface area contributed by atoms with Crippen molar-refractivity contribution in [2.75, 3.05) is 17.7 Å². The van der Waals surface area contributed by atoms with Gasteiger partial charge < -0.3 is 20.1 Å². The number of rotatable bonds is 8. The zero-order chi connectivity index (χ0) is 27.7. The van der Waals surface area contributed by atoms with Crippen molar-refractivity contribution < 1.29 is 19.1 Å². The fraction of sp³-hybridized carbons (Fsp3) is 0.296. The number of aryl methyl sites for hydroxylation is 1. The Balaban J connectivity index is 0.00000533. The highest BCUT2D eigenvalue weighted by atomic mass is 35.5. The van der Waals surface area contributed by atoms with E-state index < -0.39 is 23.8 Å². The molecule has 1 heterocycles. The number of carbonyl (C=O) groups is 2. The lowest BCUT2D eigenvalue weighted by atomic mass is 10.00. The Morgan fingerprint density at radius 2 is 1.85 bits per heavy atom. The standard InChI is InChI=1S/C27H29ClN6O4.ClH/c1-27(2,3)34-26(36)38-23(20-7-5-6-8-22(20)37-4)12-10-17-9-11-18(13-21(17)28)32-25(35)33-24-16-30-19(14-29)15-31-24;/h5-9,11,13,15-16,23H,10,12H2,1-4H3,(H,34,36)(H2,31,32,33,35);1H. The Bertz CT molecular complexity index is 1320. The molecule has 3 rings (SSSR count). The number of hydrogen-bond donors (Lipinski definition) is 3. The Morgan fingerprint density at radius 1 is 1.10 bits per heavy atom. The number of urea groups is 1. The van der Waals surface area contributed by atoms with E-state index in [-0.39, 0.29) is 23.9 Å². The monoisotopic (exact) mass is 572 g/mol. The zero-order valence-corrected chi connectivity index (χ0v) is 23.5. The molecule has 1 atom stereocenters. The number of carbonyl (C=O) groups excluding carboxylic acids is 2. The lowest BCUT2D eigenvalue weighted by Gasteiger charge is -2.25. The molecular weight excluding hydrogens is 543 g/mol. The van der Waals surface area contributed by atoms with Gasteiger partial charge in [0.25, 0.3) is 0 Å². The highest BCUT2D eigenvalue weighted by molar-refractivity contribution is 6.31. The summed E-state index contributed by atoms with van der Waals surface area (Å²) in [6.45, 7) is 5.62. The third kappa shape index (κ3) is 9.63. The molecule has 0 bridgehead atoms. The number of nitrogens with one attached hydrogen (secondary N) is 3. The molecule has 0 fully saturated rings. The molecule has 0 radical (unpaired) electrons. The molecule has 12 heteroatoms. The molecule has 0 aliphatic heterocycles. The minimum Gasteiger partial charge on any atom is -0.496 e. The summed E-state index contributed by atoms with van der Waals surface area (Å²) in [6.07, 6.45) is 2.38. The molecule has 0 aliphatic rings. The van der Waals surface area contributed by atoms with Crippen LogP contribution >= 0.6 is 24.0 Å². The number of amides is 3. The number of halogens is 2. The number of benzene rings is 2. The van der Waals surface area contributed by atoms with Crippen LogP contribution in [-0.2, 0) is 11.2 Å². The molecule has 3 N–H and O–H groups in total. The van der Waals surface area contributed by atoms with Crippen molar-refractivity contribution in [1.82, 2.24) is 15.3 Å². The highest BCUT2D eigenvalue weighted by Gasteiger charge is 2.23. The number of para-hydroxylation sites is 1. The first-order valence-electron chi connectivity index (χ1n) is 11.8. The van der Waals surface area contributed by atoms with Gasteiger partial charge in [0.15, 0.2) is 11.5 Å².